The maximum atomic E-state index is 12.2. The van der Waals surface area contributed by atoms with Gasteiger partial charge >= 0.3 is 5.97 Å². The highest BCUT2D eigenvalue weighted by molar-refractivity contribution is 5.86. The Morgan fingerprint density at radius 2 is 2.16 bits per heavy atom. The van der Waals surface area contributed by atoms with Crippen molar-refractivity contribution in [1.29, 1.82) is 0 Å². The number of carbonyl (C=O) groups excluding carboxylic acids is 1. The summed E-state index contributed by atoms with van der Waals surface area (Å²) in [6, 6.07) is -0.956. The Kier molecular flexibility index (Phi) is 3.57. The first-order valence-corrected chi connectivity index (χ1v) is 6.02. The predicted octanol–water partition coefficient (Wildman–Crippen LogP) is -0.120. The van der Waals surface area contributed by atoms with Gasteiger partial charge in [-0.05, 0) is 13.8 Å². The van der Waals surface area contributed by atoms with Crippen LogP contribution in [0.2, 0.25) is 0 Å². The molecule has 1 saturated heterocycles. The Bertz CT molecular complexity index is 491. The van der Waals surface area contributed by atoms with E-state index in [2.05, 4.69) is 5.16 Å². The first-order chi connectivity index (χ1) is 8.90. The average Bonchev–Trinajstić information content (AvgIpc) is 2.87. The van der Waals surface area contributed by atoms with Crippen molar-refractivity contribution >= 4 is 11.9 Å². The molecule has 1 aromatic rings. The Hall–Kier alpha value is -1.89. The van der Waals surface area contributed by atoms with Gasteiger partial charge in [0.1, 0.15) is 11.8 Å². The van der Waals surface area contributed by atoms with Gasteiger partial charge < -0.3 is 19.6 Å². The molecule has 1 fully saturated rings. The molecule has 2 atom stereocenters. The van der Waals surface area contributed by atoms with Crippen molar-refractivity contribution in [2.75, 3.05) is 6.54 Å². The summed E-state index contributed by atoms with van der Waals surface area (Å²) in [5.74, 6) is -0.875. The summed E-state index contributed by atoms with van der Waals surface area (Å²) in [6.45, 7) is 3.49. The van der Waals surface area contributed by atoms with E-state index in [4.69, 9.17) is 9.63 Å². The van der Waals surface area contributed by atoms with Crippen LogP contribution >= 0.6 is 0 Å². The van der Waals surface area contributed by atoms with Gasteiger partial charge in [0.05, 0.1) is 18.2 Å². The van der Waals surface area contributed by atoms with E-state index in [0.717, 1.165) is 0 Å². The molecule has 2 rings (SSSR count). The summed E-state index contributed by atoms with van der Waals surface area (Å²) in [7, 11) is 0. The number of aryl methyl sites for hydroxylation is 2. The lowest BCUT2D eigenvalue weighted by atomic mass is 10.1. The molecule has 1 aliphatic heterocycles. The summed E-state index contributed by atoms with van der Waals surface area (Å²) in [5.41, 5.74) is 1.30. The summed E-state index contributed by atoms with van der Waals surface area (Å²) in [6.07, 6.45) is -0.671. The molecule has 0 aromatic carbocycles. The zero-order valence-corrected chi connectivity index (χ0v) is 10.8. The molecule has 104 valence electrons. The van der Waals surface area contributed by atoms with Gasteiger partial charge in [-0.2, -0.15) is 0 Å². The molecule has 7 nitrogen and oxygen atoms in total. The monoisotopic (exact) mass is 268 g/mol. The normalized spacial score (nSPS) is 22.8. The molecule has 19 heavy (non-hydrogen) atoms. The lowest BCUT2D eigenvalue weighted by Crippen LogP contribution is -2.41. The van der Waals surface area contributed by atoms with E-state index in [1.807, 2.05) is 0 Å². The van der Waals surface area contributed by atoms with Crippen LogP contribution in [0.5, 0.6) is 0 Å². The van der Waals surface area contributed by atoms with E-state index in [-0.39, 0.29) is 25.3 Å². The van der Waals surface area contributed by atoms with Crippen molar-refractivity contribution in [2.24, 2.45) is 0 Å². The van der Waals surface area contributed by atoms with E-state index >= 15 is 0 Å². The van der Waals surface area contributed by atoms with Gasteiger partial charge in [0.2, 0.25) is 5.91 Å². The number of hydrogen-bond donors (Lipinski definition) is 2. The summed E-state index contributed by atoms with van der Waals surface area (Å²) < 4.78 is 4.97. The van der Waals surface area contributed by atoms with Gasteiger partial charge in [-0.15, -0.1) is 0 Å². The molecule has 1 amide bonds. The van der Waals surface area contributed by atoms with Gasteiger partial charge in [0, 0.05) is 18.5 Å². The highest BCUT2D eigenvalue weighted by atomic mass is 16.5. The van der Waals surface area contributed by atoms with E-state index < -0.39 is 18.1 Å². The second-order valence-electron chi connectivity index (χ2n) is 4.77. The largest absolute Gasteiger partial charge is 0.480 e. The Labute approximate surface area is 109 Å². The number of aliphatic hydroxyl groups excluding tert-OH is 1. The van der Waals surface area contributed by atoms with Crippen molar-refractivity contribution in [3.8, 4) is 0 Å². The lowest BCUT2D eigenvalue weighted by Gasteiger charge is -2.21. The van der Waals surface area contributed by atoms with Crippen LogP contribution < -0.4 is 0 Å². The molecule has 2 unspecified atom stereocenters. The Morgan fingerprint density at radius 3 is 2.68 bits per heavy atom. The number of likely N-dealkylation sites (tertiary alicyclic amines) is 1. The number of hydrogen-bond acceptors (Lipinski definition) is 5. The van der Waals surface area contributed by atoms with Crippen LogP contribution in [-0.2, 0) is 16.0 Å². The zero-order valence-electron chi connectivity index (χ0n) is 10.8. The molecule has 0 bridgehead atoms. The second-order valence-corrected chi connectivity index (χ2v) is 4.77. The van der Waals surface area contributed by atoms with Gasteiger partial charge in [0.15, 0.2) is 0 Å². The zero-order chi connectivity index (χ0) is 14.2. The number of carbonyl (C=O) groups is 2. The standard InChI is InChI=1S/C12H16N2O5/c1-6-9(7(2)19-13-6)4-11(16)14-5-8(15)3-10(14)12(17)18/h8,10,15H,3-5H2,1-2H3,(H,17,18). The van der Waals surface area contributed by atoms with Crippen LogP contribution in [0.1, 0.15) is 23.4 Å². The number of carboxylic acids is 1. The Balaban J connectivity index is 2.13. The second kappa shape index (κ2) is 5.00. The van der Waals surface area contributed by atoms with Crippen LogP contribution in [0, 0.1) is 13.8 Å². The van der Waals surface area contributed by atoms with Gasteiger partial charge in [0.25, 0.3) is 0 Å². The van der Waals surface area contributed by atoms with Gasteiger partial charge in [-0.1, -0.05) is 5.16 Å². The van der Waals surface area contributed by atoms with Crippen LogP contribution in [-0.4, -0.2) is 50.8 Å². The van der Waals surface area contributed by atoms with Crippen LogP contribution in [0.3, 0.4) is 0 Å². The molecule has 7 heteroatoms. The molecule has 1 aromatic heterocycles. The minimum atomic E-state index is -1.09. The summed E-state index contributed by atoms with van der Waals surface area (Å²) >= 11 is 0. The van der Waals surface area contributed by atoms with E-state index in [1.165, 1.54) is 4.90 Å². The number of rotatable bonds is 3. The number of carboxylic acid groups (broad SMARTS) is 1. The highest BCUT2D eigenvalue weighted by Crippen LogP contribution is 2.21. The van der Waals surface area contributed by atoms with E-state index in [9.17, 15) is 14.7 Å². The molecule has 2 N–H and O–H groups in total. The number of aliphatic hydroxyl groups is 1. The molecule has 0 radical (unpaired) electrons. The van der Waals surface area contributed by atoms with Crippen LogP contribution in [0.25, 0.3) is 0 Å². The number of aliphatic carboxylic acids is 1. The maximum Gasteiger partial charge on any atom is 0.326 e. The molecular weight excluding hydrogens is 252 g/mol. The fourth-order valence-electron chi connectivity index (χ4n) is 2.33. The van der Waals surface area contributed by atoms with E-state index in [0.29, 0.717) is 17.0 Å². The number of nitrogens with zero attached hydrogens (tertiary/aromatic N) is 2. The molecule has 0 saturated carbocycles. The molecule has 2 heterocycles. The average molecular weight is 268 g/mol. The van der Waals surface area contributed by atoms with Crippen LogP contribution in [0.4, 0.5) is 0 Å². The molecule has 1 aliphatic rings. The van der Waals surface area contributed by atoms with Crippen molar-refractivity contribution in [3.05, 3.63) is 17.0 Å². The number of β-amino-alcohol motifs (C(OH)–C–C–N with tert-alkyl or cyclic N) is 1. The molecular formula is C12H16N2O5. The number of amides is 1. The van der Waals surface area contributed by atoms with Crippen LogP contribution in [0.15, 0.2) is 4.52 Å². The van der Waals surface area contributed by atoms with Crippen molar-refractivity contribution in [3.63, 3.8) is 0 Å². The fraction of sp³-hybridized carbons (Fsp3) is 0.583. The van der Waals surface area contributed by atoms with Crippen molar-refractivity contribution in [1.82, 2.24) is 10.1 Å². The topological polar surface area (TPSA) is 104 Å². The third-order valence-corrected chi connectivity index (χ3v) is 3.39. The third-order valence-electron chi connectivity index (χ3n) is 3.39. The fourth-order valence-corrected chi connectivity index (χ4v) is 2.33. The minimum Gasteiger partial charge on any atom is -0.480 e. The quantitative estimate of drug-likeness (QED) is 0.792. The van der Waals surface area contributed by atoms with Gasteiger partial charge in [-0.25, -0.2) is 4.79 Å². The lowest BCUT2D eigenvalue weighted by molar-refractivity contribution is -0.148. The first-order valence-electron chi connectivity index (χ1n) is 6.02. The van der Waals surface area contributed by atoms with Crippen molar-refractivity contribution < 1.29 is 24.3 Å². The number of aromatic nitrogens is 1. The smallest absolute Gasteiger partial charge is 0.326 e. The summed E-state index contributed by atoms with van der Waals surface area (Å²) in [4.78, 5) is 24.4. The third kappa shape index (κ3) is 2.60. The SMILES string of the molecule is Cc1noc(C)c1CC(=O)N1CC(O)CC1C(=O)O. The minimum absolute atomic E-state index is 0.0394. The van der Waals surface area contributed by atoms with Crippen molar-refractivity contribution in [2.45, 2.75) is 38.8 Å². The first kappa shape index (κ1) is 13.5. The molecule has 0 aliphatic carbocycles. The molecule has 0 spiro atoms. The Morgan fingerprint density at radius 1 is 1.47 bits per heavy atom. The maximum absolute atomic E-state index is 12.2. The van der Waals surface area contributed by atoms with Gasteiger partial charge in [-0.3, -0.25) is 4.79 Å². The summed E-state index contributed by atoms with van der Waals surface area (Å²) in [5, 5.41) is 22.3. The predicted molar refractivity (Wildman–Crippen MR) is 63.4 cm³/mol. The van der Waals surface area contributed by atoms with E-state index in [1.54, 1.807) is 13.8 Å². The highest BCUT2D eigenvalue weighted by Gasteiger charge is 2.39.